The van der Waals surface area contributed by atoms with E-state index in [1.54, 1.807) is 0 Å². The highest BCUT2D eigenvalue weighted by Crippen LogP contribution is 2.31. The van der Waals surface area contributed by atoms with Crippen molar-refractivity contribution in [3.8, 4) is 0 Å². The zero-order valence-corrected chi connectivity index (χ0v) is 13.6. The molecule has 25 heavy (non-hydrogen) atoms. The van der Waals surface area contributed by atoms with Crippen molar-refractivity contribution in [3.63, 3.8) is 0 Å². The summed E-state index contributed by atoms with van der Waals surface area (Å²) >= 11 is 0. The molecule has 0 saturated carbocycles. The minimum absolute atomic E-state index is 0.367. The van der Waals surface area contributed by atoms with E-state index in [1.165, 1.54) is 0 Å². The Morgan fingerprint density at radius 2 is 1.52 bits per heavy atom. The van der Waals surface area contributed by atoms with Gasteiger partial charge in [-0.05, 0) is 41.5 Å². The molecular weight excluding hydrogens is 316 g/mol. The predicted molar refractivity (Wildman–Crippen MR) is 96.2 cm³/mol. The molecule has 0 radical (unpaired) electrons. The third kappa shape index (κ3) is 2.99. The molecule has 0 atom stereocenters. The van der Waals surface area contributed by atoms with Crippen LogP contribution in [0.2, 0.25) is 0 Å². The molecule has 0 spiro atoms. The highest BCUT2D eigenvalue weighted by atomic mass is 16.6. The molecule has 0 aliphatic carbocycles. The molecule has 7 nitrogen and oxygen atoms in total. The van der Waals surface area contributed by atoms with Crippen LogP contribution in [0.1, 0.15) is 6.92 Å². The van der Waals surface area contributed by atoms with Gasteiger partial charge in [-0.2, -0.15) is 0 Å². The van der Waals surface area contributed by atoms with Gasteiger partial charge in [0.1, 0.15) is 0 Å². The smallest absolute Gasteiger partial charge is 0.245 e. The lowest BCUT2D eigenvalue weighted by atomic mass is 10.2. The predicted octanol–water partition coefficient (Wildman–Crippen LogP) is 3.91. The van der Waals surface area contributed by atoms with Gasteiger partial charge in [-0.3, -0.25) is 0 Å². The summed E-state index contributed by atoms with van der Waals surface area (Å²) in [5.74, 6) is 1.26. The van der Waals surface area contributed by atoms with Crippen molar-refractivity contribution < 1.29 is 4.63 Å². The SMILES string of the molecule is CCN(c1ccccc1)c1nc2nonc2nc1Nc1ccccc1. The lowest BCUT2D eigenvalue weighted by Crippen LogP contribution is -2.19. The van der Waals surface area contributed by atoms with Gasteiger partial charge in [-0.1, -0.05) is 36.4 Å². The highest BCUT2D eigenvalue weighted by Gasteiger charge is 2.19. The molecule has 7 heteroatoms. The second-order valence-corrected chi connectivity index (χ2v) is 5.38. The number of anilines is 4. The van der Waals surface area contributed by atoms with Crippen molar-refractivity contribution in [2.75, 3.05) is 16.8 Å². The normalized spacial score (nSPS) is 10.8. The van der Waals surface area contributed by atoms with E-state index in [1.807, 2.05) is 60.7 Å². The van der Waals surface area contributed by atoms with Gasteiger partial charge in [0.2, 0.25) is 11.3 Å². The maximum atomic E-state index is 4.77. The van der Waals surface area contributed by atoms with E-state index in [-0.39, 0.29) is 0 Å². The molecule has 0 unspecified atom stereocenters. The topological polar surface area (TPSA) is 80.0 Å². The molecule has 0 fully saturated rings. The first-order chi connectivity index (χ1) is 12.3. The molecule has 1 N–H and O–H groups in total. The van der Waals surface area contributed by atoms with E-state index in [9.17, 15) is 0 Å². The number of aromatic nitrogens is 4. The molecule has 0 aliphatic heterocycles. The van der Waals surface area contributed by atoms with Crippen molar-refractivity contribution >= 4 is 34.3 Å². The fraction of sp³-hybridized carbons (Fsp3) is 0.111. The Hall–Kier alpha value is -3.48. The number of nitrogens with one attached hydrogen (secondary N) is 1. The van der Waals surface area contributed by atoms with Crippen molar-refractivity contribution in [1.29, 1.82) is 0 Å². The first-order valence-electron chi connectivity index (χ1n) is 8.00. The first kappa shape index (κ1) is 15.1. The summed E-state index contributed by atoms with van der Waals surface area (Å²) in [6, 6.07) is 19.8. The van der Waals surface area contributed by atoms with Crippen molar-refractivity contribution in [1.82, 2.24) is 20.3 Å². The second kappa shape index (κ2) is 6.56. The maximum Gasteiger partial charge on any atom is 0.245 e. The third-order valence-electron chi connectivity index (χ3n) is 3.77. The van der Waals surface area contributed by atoms with Gasteiger partial charge in [-0.15, -0.1) is 0 Å². The monoisotopic (exact) mass is 332 g/mol. The Balaban J connectivity index is 1.84. The van der Waals surface area contributed by atoms with Crippen LogP contribution in [0, 0.1) is 0 Å². The fourth-order valence-corrected chi connectivity index (χ4v) is 2.62. The Labute approximate surface area is 144 Å². The zero-order chi connectivity index (χ0) is 17.1. The van der Waals surface area contributed by atoms with Crippen molar-refractivity contribution in [2.45, 2.75) is 6.92 Å². The van der Waals surface area contributed by atoms with Gasteiger partial charge in [0.25, 0.3) is 0 Å². The fourth-order valence-electron chi connectivity index (χ4n) is 2.62. The minimum Gasteiger partial charge on any atom is -0.337 e. The Kier molecular flexibility index (Phi) is 3.96. The van der Waals surface area contributed by atoms with Crippen molar-refractivity contribution in [2.24, 2.45) is 0 Å². The van der Waals surface area contributed by atoms with E-state index in [0.717, 1.165) is 17.9 Å². The van der Waals surface area contributed by atoms with Crippen LogP contribution in [0.15, 0.2) is 65.3 Å². The van der Waals surface area contributed by atoms with Crippen LogP contribution in [0.4, 0.5) is 23.0 Å². The van der Waals surface area contributed by atoms with E-state index in [2.05, 4.69) is 37.4 Å². The van der Waals surface area contributed by atoms with E-state index < -0.39 is 0 Å². The summed E-state index contributed by atoms with van der Waals surface area (Å²) in [6.45, 7) is 2.78. The first-order valence-corrected chi connectivity index (χ1v) is 8.00. The summed E-state index contributed by atoms with van der Waals surface area (Å²) in [4.78, 5) is 11.2. The summed E-state index contributed by atoms with van der Waals surface area (Å²) in [7, 11) is 0. The zero-order valence-electron chi connectivity index (χ0n) is 13.6. The average Bonchev–Trinajstić information content (AvgIpc) is 3.11. The maximum absolute atomic E-state index is 4.77. The lowest BCUT2D eigenvalue weighted by molar-refractivity contribution is 0.314. The Morgan fingerprint density at radius 3 is 2.20 bits per heavy atom. The van der Waals surface area contributed by atoms with Crippen LogP contribution in [0.5, 0.6) is 0 Å². The third-order valence-corrected chi connectivity index (χ3v) is 3.77. The van der Waals surface area contributed by atoms with E-state index in [0.29, 0.717) is 22.9 Å². The van der Waals surface area contributed by atoms with Crippen LogP contribution < -0.4 is 10.2 Å². The molecule has 4 rings (SSSR count). The number of nitrogens with zero attached hydrogens (tertiary/aromatic N) is 5. The quantitative estimate of drug-likeness (QED) is 0.593. The molecule has 0 aliphatic rings. The molecule has 2 aromatic carbocycles. The number of para-hydroxylation sites is 2. The van der Waals surface area contributed by atoms with Gasteiger partial charge >= 0.3 is 0 Å². The minimum atomic E-state index is 0.367. The molecule has 2 heterocycles. The Morgan fingerprint density at radius 1 is 0.880 bits per heavy atom. The largest absolute Gasteiger partial charge is 0.337 e. The molecule has 0 bridgehead atoms. The molecule has 2 aromatic heterocycles. The standard InChI is InChI=1S/C18H16N6O/c1-2-24(14-11-7-4-8-12-14)18-17(19-13-9-5-3-6-10-13)20-15-16(21-18)23-25-22-15/h3-12H,2H2,1H3,(H,19,20,22). The van der Waals surface area contributed by atoms with Gasteiger partial charge in [0.05, 0.1) is 0 Å². The number of benzene rings is 2. The van der Waals surface area contributed by atoms with Gasteiger partial charge in [0.15, 0.2) is 11.6 Å². The Bertz CT molecular complexity index is 971. The van der Waals surface area contributed by atoms with Gasteiger partial charge < -0.3 is 10.2 Å². The van der Waals surface area contributed by atoms with Crippen molar-refractivity contribution in [3.05, 3.63) is 60.7 Å². The molecule has 0 saturated heterocycles. The van der Waals surface area contributed by atoms with Crippen LogP contribution in [-0.4, -0.2) is 26.8 Å². The van der Waals surface area contributed by atoms with Gasteiger partial charge in [0, 0.05) is 17.9 Å². The summed E-state index contributed by atoms with van der Waals surface area (Å²) < 4.78 is 4.77. The molecular formula is C18H16N6O. The second-order valence-electron chi connectivity index (χ2n) is 5.38. The number of fused-ring (bicyclic) bond motifs is 1. The average molecular weight is 332 g/mol. The van der Waals surface area contributed by atoms with Crippen LogP contribution in [0.25, 0.3) is 11.3 Å². The number of rotatable bonds is 5. The lowest BCUT2D eigenvalue weighted by Gasteiger charge is -2.24. The molecule has 4 aromatic rings. The summed E-state index contributed by atoms with van der Waals surface area (Å²) in [6.07, 6.45) is 0. The highest BCUT2D eigenvalue weighted by molar-refractivity contribution is 5.80. The summed E-state index contributed by atoms with van der Waals surface area (Å²) in [5.41, 5.74) is 2.68. The van der Waals surface area contributed by atoms with Crippen LogP contribution >= 0.6 is 0 Å². The van der Waals surface area contributed by atoms with E-state index >= 15 is 0 Å². The van der Waals surface area contributed by atoms with Crippen LogP contribution in [-0.2, 0) is 0 Å². The summed E-state index contributed by atoms with van der Waals surface area (Å²) in [5, 5.41) is 10.9. The van der Waals surface area contributed by atoms with Gasteiger partial charge in [-0.25, -0.2) is 14.6 Å². The number of hydrogen-bond donors (Lipinski definition) is 1. The molecule has 0 amide bonds. The van der Waals surface area contributed by atoms with Crippen LogP contribution in [0.3, 0.4) is 0 Å². The molecule has 124 valence electrons. The van der Waals surface area contributed by atoms with E-state index in [4.69, 9.17) is 4.63 Å². The number of hydrogen-bond acceptors (Lipinski definition) is 7.